The smallest absolute Gasteiger partial charge is 0.0804 e. The van der Waals surface area contributed by atoms with Crippen molar-refractivity contribution in [2.45, 2.75) is 17.2 Å². The highest BCUT2D eigenvalue weighted by Gasteiger charge is 2.24. The third kappa shape index (κ3) is 3.09. The third-order valence-electron chi connectivity index (χ3n) is 1.14. The lowest BCUT2D eigenvalue weighted by atomic mass is 10.1. The van der Waals surface area contributed by atoms with E-state index in [4.69, 9.17) is 23.2 Å². The third-order valence-corrected chi connectivity index (χ3v) is 2.50. The van der Waals surface area contributed by atoms with E-state index in [-0.39, 0.29) is 5.38 Å². The van der Waals surface area contributed by atoms with Crippen LogP contribution in [-0.4, -0.2) is 10.3 Å². The van der Waals surface area contributed by atoms with Gasteiger partial charge < -0.3 is 0 Å². The predicted octanol–water partition coefficient (Wildman–Crippen LogP) is 3.69. The van der Waals surface area contributed by atoms with Crippen molar-refractivity contribution in [1.29, 1.82) is 0 Å². The predicted molar refractivity (Wildman–Crippen MR) is 52.2 cm³/mol. The highest BCUT2D eigenvalue weighted by atomic mass is 79.9. The number of alkyl halides is 2. The Morgan fingerprint density at radius 1 is 1.70 bits per heavy atom. The van der Waals surface area contributed by atoms with E-state index in [2.05, 4.69) is 22.5 Å². The van der Waals surface area contributed by atoms with E-state index < -0.39 is 4.87 Å². The van der Waals surface area contributed by atoms with Crippen LogP contribution in [0.1, 0.15) is 6.92 Å². The quantitative estimate of drug-likeness (QED) is 0.524. The molecule has 0 heterocycles. The summed E-state index contributed by atoms with van der Waals surface area (Å²) in [5.41, 5.74) is 0. The minimum atomic E-state index is -0.549. The van der Waals surface area contributed by atoms with Crippen molar-refractivity contribution < 1.29 is 0 Å². The van der Waals surface area contributed by atoms with E-state index in [1.54, 1.807) is 17.1 Å². The number of hydrogen-bond acceptors (Lipinski definition) is 0. The Bertz CT molecular complexity index is 141. The van der Waals surface area contributed by atoms with Crippen molar-refractivity contribution in [1.82, 2.24) is 0 Å². The fraction of sp³-hybridized carbons (Fsp3) is 0.429. The van der Waals surface area contributed by atoms with Crippen molar-refractivity contribution in [2.75, 3.05) is 0 Å². The molecule has 0 aromatic rings. The standard InChI is InChI=1S/C7H9BrCl2/c1-3-6(9)7(2,10)4-5-8/h3-6H,1H2,2H3/b5-4+. The van der Waals surface area contributed by atoms with Gasteiger partial charge in [0.1, 0.15) is 0 Å². The van der Waals surface area contributed by atoms with Gasteiger partial charge in [-0.15, -0.1) is 29.8 Å². The molecule has 0 N–H and O–H groups in total. The molecule has 0 aromatic carbocycles. The summed E-state index contributed by atoms with van der Waals surface area (Å²) in [6.07, 6.45) is 3.38. The van der Waals surface area contributed by atoms with Gasteiger partial charge in [-0.25, -0.2) is 0 Å². The maximum Gasteiger partial charge on any atom is 0.0804 e. The van der Waals surface area contributed by atoms with Gasteiger partial charge in [0.2, 0.25) is 0 Å². The number of halogens is 3. The number of hydrogen-bond donors (Lipinski definition) is 0. The molecule has 0 saturated heterocycles. The molecule has 0 saturated carbocycles. The molecule has 0 rings (SSSR count). The summed E-state index contributed by atoms with van der Waals surface area (Å²) < 4.78 is 0. The summed E-state index contributed by atoms with van der Waals surface area (Å²) in [5.74, 6) is 0. The molecule has 0 aliphatic carbocycles. The second kappa shape index (κ2) is 4.42. The first-order chi connectivity index (χ1) is 4.54. The molecule has 2 unspecified atom stereocenters. The van der Waals surface area contributed by atoms with Crippen molar-refractivity contribution in [2.24, 2.45) is 0 Å². The van der Waals surface area contributed by atoms with Crippen LogP contribution in [0.25, 0.3) is 0 Å². The summed E-state index contributed by atoms with van der Waals surface area (Å²) in [6.45, 7) is 5.37. The van der Waals surface area contributed by atoms with Gasteiger partial charge >= 0.3 is 0 Å². The van der Waals surface area contributed by atoms with Gasteiger partial charge in [0.15, 0.2) is 0 Å². The van der Waals surface area contributed by atoms with Crippen LogP contribution in [0.5, 0.6) is 0 Å². The van der Waals surface area contributed by atoms with E-state index in [1.165, 1.54) is 0 Å². The highest BCUT2D eigenvalue weighted by Crippen LogP contribution is 2.26. The van der Waals surface area contributed by atoms with Crippen LogP contribution in [0.2, 0.25) is 0 Å². The molecule has 0 spiro atoms. The van der Waals surface area contributed by atoms with Gasteiger partial charge in [-0.2, -0.15) is 0 Å². The first-order valence-electron chi connectivity index (χ1n) is 2.78. The zero-order chi connectivity index (χ0) is 8.20. The Hall–Kier alpha value is 0.540. The van der Waals surface area contributed by atoms with Crippen molar-refractivity contribution >= 4 is 39.1 Å². The van der Waals surface area contributed by atoms with E-state index >= 15 is 0 Å². The Labute approximate surface area is 80.0 Å². The fourth-order valence-electron chi connectivity index (χ4n) is 0.446. The topological polar surface area (TPSA) is 0 Å². The highest BCUT2D eigenvalue weighted by molar-refractivity contribution is 9.11. The first-order valence-corrected chi connectivity index (χ1v) is 4.51. The summed E-state index contributed by atoms with van der Waals surface area (Å²) in [4.78, 5) is 1.14. The normalized spacial score (nSPS) is 20.4. The van der Waals surface area contributed by atoms with Crippen LogP contribution >= 0.6 is 39.1 Å². The Morgan fingerprint density at radius 2 is 2.20 bits per heavy atom. The van der Waals surface area contributed by atoms with Gasteiger partial charge in [0.05, 0.1) is 10.3 Å². The molecule has 58 valence electrons. The van der Waals surface area contributed by atoms with Crippen molar-refractivity contribution in [3.63, 3.8) is 0 Å². The second-order valence-electron chi connectivity index (χ2n) is 2.08. The molecule has 0 fully saturated rings. The molecule has 3 heteroatoms. The largest absolute Gasteiger partial charge is 0.116 e. The summed E-state index contributed by atoms with van der Waals surface area (Å²) >= 11 is 14.9. The molecule has 0 aromatic heterocycles. The van der Waals surface area contributed by atoms with E-state index in [0.29, 0.717) is 0 Å². The van der Waals surface area contributed by atoms with Gasteiger partial charge in [0, 0.05) is 0 Å². The van der Waals surface area contributed by atoms with E-state index in [9.17, 15) is 0 Å². The van der Waals surface area contributed by atoms with Crippen molar-refractivity contribution in [3.05, 3.63) is 23.7 Å². The van der Waals surface area contributed by atoms with Gasteiger partial charge in [0.25, 0.3) is 0 Å². The molecule has 0 nitrogen and oxygen atoms in total. The minimum Gasteiger partial charge on any atom is -0.116 e. The lowest BCUT2D eigenvalue weighted by Crippen LogP contribution is -2.24. The van der Waals surface area contributed by atoms with Crippen molar-refractivity contribution in [3.8, 4) is 0 Å². The molecular weight excluding hydrogens is 235 g/mol. The van der Waals surface area contributed by atoms with Crippen LogP contribution < -0.4 is 0 Å². The van der Waals surface area contributed by atoms with Crippen LogP contribution in [0.15, 0.2) is 23.7 Å². The molecule has 2 atom stereocenters. The molecule has 0 bridgehead atoms. The van der Waals surface area contributed by atoms with E-state index in [0.717, 1.165) is 0 Å². The van der Waals surface area contributed by atoms with Crippen LogP contribution in [0, 0.1) is 0 Å². The number of allylic oxidation sites excluding steroid dienone is 2. The maximum atomic E-state index is 5.97. The Morgan fingerprint density at radius 3 is 2.50 bits per heavy atom. The molecule has 0 radical (unpaired) electrons. The summed E-state index contributed by atoms with van der Waals surface area (Å²) in [5, 5.41) is -0.247. The van der Waals surface area contributed by atoms with Crippen LogP contribution in [-0.2, 0) is 0 Å². The average molecular weight is 244 g/mol. The minimum absolute atomic E-state index is 0.247. The molecule has 0 amide bonds. The summed E-state index contributed by atoms with van der Waals surface area (Å²) in [7, 11) is 0. The molecular formula is C7H9BrCl2. The Balaban J connectivity index is 4.22. The Kier molecular flexibility index (Phi) is 4.66. The van der Waals surface area contributed by atoms with Gasteiger partial charge in [-0.05, 0) is 11.9 Å². The molecule has 10 heavy (non-hydrogen) atoms. The van der Waals surface area contributed by atoms with E-state index in [1.807, 2.05) is 6.92 Å². The van der Waals surface area contributed by atoms with Gasteiger partial charge in [-0.3, -0.25) is 0 Å². The van der Waals surface area contributed by atoms with Crippen LogP contribution in [0.4, 0.5) is 0 Å². The average Bonchev–Trinajstić information content (AvgIpc) is 1.86. The molecule has 0 aliphatic heterocycles. The lowest BCUT2D eigenvalue weighted by molar-refractivity contribution is 0.802. The summed E-state index contributed by atoms with van der Waals surface area (Å²) in [6, 6.07) is 0. The number of rotatable bonds is 3. The van der Waals surface area contributed by atoms with Gasteiger partial charge in [-0.1, -0.05) is 28.1 Å². The first kappa shape index (κ1) is 10.5. The van der Waals surface area contributed by atoms with Crippen LogP contribution in [0.3, 0.4) is 0 Å². The molecule has 0 aliphatic rings. The fourth-order valence-corrected chi connectivity index (χ4v) is 1.37. The maximum absolute atomic E-state index is 5.97. The second-order valence-corrected chi connectivity index (χ2v) is 3.89. The SMILES string of the molecule is C=CC(Cl)C(C)(Cl)/C=C/Br. The zero-order valence-electron chi connectivity index (χ0n) is 5.65. The monoisotopic (exact) mass is 242 g/mol. The lowest BCUT2D eigenvalue weighted by Gasteiger charge is -2.20. The zero-order valence-corrected chi connectivity index (χ0v) is 8.75.